The molecule has 5 heterocycles. The molecule has 1 unspecified atom stereocenters. The monoisotopic (exact) mass is 554 g/mol. The molecule has 0 aliphatic carbocycles. The van der Waals surface area contributed by atoms with E-state index < -0.39 is 0 Å². The number of likely N-dealkylation sites (tertiary alicyclic amines) is 1. The van der Waals surface area contributed by atoms with E-state index in [0.717, 1.165) is 62.9 Å². The number of hydrogen-bond acceptors (Lipinski definition) is 10. The molecule has 1 aromatic carbocycles. The Morgan fingerprint density at radius 2 is 2.07 bits per heavy atom. The van der Waals surface area contributed by atoms with Crippen molar-refractivity contribution in [2.45, 2.75) is 31.5 Å². The molecule has 0 radical (unpaired) electrons. The van der Waals surface area contributed by atoms with Crippen LogP contribution in [-0.2, 0) is 16.6 Å². The first-order chi connectivity index (χ1) is 20.0. The first-order valence-corrected chi connectivity index (χ1v) is 14.4. The minimum absolute atomic E-state index is 0.120. The molecule has 5 aliphatic rings. The van der Waals surface area contributed by atoms with Gasteiger partial charge in [0, 0.05) is 57.3 Å². The van der Waals surface area contributed by atoms with Gasteiger partial charge in [-0.15, -0.1) is 0 Å². The van der Waals surface area contributed by atoms with Crippen LogP contribution >= 0.6 is 0 Å². The number of amides is 1. The van der Waals surface area contributed by atoms with Gasteiger partial charge in [0.15, 0.2) is 12.1 Å². The van der Waals surface area contributed by atoms with Gasteiger partial charge >= 0.3 is 0 Å². The van der Waals surface area contributed by atoms with E-state index in [4.69, 9.17) is 4.99 Å². The van der Waals surface area contributed by atoms with Crippen LogP contribution in [0.3, 0.4) is 0 Å². The normalized spacial score (nSPS) is 23.3. The standard InChI is InChI=1S/C30H38N10O/c1-3-23-6-4-7-24(18-23)30(10-11-31)21-38(22-30)26-8-5-12-40-28(26)34-29(35-40)33-25-9-13-39(32-19-25)20-27(41)37-16-14-36(2)15-17-37/h4-9,12,18-19,29,33,35H,3,10,13-17,20-22H2,1-2H3. The van der Waals surface area contributed by atoms with E-state index in [2.05, 4.69) is 76.0 Å². The highest BCUT2D eigenvalue weighted by atomic mass is 16.2. The fourth-order valence-electron chi connectivity index (χ4n) is 5.96. The fraction of sp³-hybridized carbons (Fsp3) is 0.467. The number of hydrazone groups is 1. The zero-order chi connectivity index (χ0) is 28.4. The number of carbonyl (C=O) groups is 1. The molecule has 11 nitrogen and oxygen atoms in total. The Bertz CT molecular complexity index is 1360. The van der Waals surface area contributed by atoms with Crippen LogP contribution in [0.4, 0.5) is 0 Å². The number of fused-ring (bicyclic) bond motifs is 1. The molecular formula is C30H38N10O. The lowest BCUT2D eigenvalue weighted by molar-refractivity contribution is -0.133. The maximum absolute atomic E-state index is 12.7. The number of aryl methyl sites for hydroxylation is 1. The molecule has 0 saturated carbocycles. The molecule has 11 heteroatoms. The van der Waals surface area contributed by atoms with Crippen LogP contribution < -0.4 is 10.7 Å². The molecule has 0 bridgehead atoms. The van der Waals surface area contributed by atoms with Gasteiger partial charge in [-0.2, -0.15) is 15.8 Å². The Labute approximate surface area is 241 Å². The van der Waals surface area contributed by atoms with Crippen molar-refractivity contribution >= 4 is 18.0 Å². The van der Waals surface area contributed by atoms with Crippen molar-refractivity contribution in [2.75, 3.05) is 59.4 Å². The third-order valence-corrected chi connectivity index (χ3v) is 8.51. The smallest absolute Gasteiger partial charge is 0.243 e. The van der Waals surface area contributed by atoms with E-state index in [1.165, 1.54) is 11.1 Å². The number of nitriles is 1. The van der Waals surface area contributed by atoms with Gasteiger partial charge in [-0.05, 0) is 42.8 Å². The maximum atomic E-state index is 12.7. The van der Waals surface area contributed by atoms with Crippen molar-refractivity contribution in [3.8, 4) is 6.07 Å². The minimum atomic E-state index is -0.348. The lowest BCUT2D eigenvalue weighted by Gasteiger charge is -2.52. The van der Waals surface area contributed by atoms with Gasteiger partial charge in [0.25, 0.3) is 0 Å². The Hall–Kier alpha value is -4.14. The van der Waals surface area contributed by atoms with Gasteiger partial charge in [0.05, 0.1) is 30.2 Å². The fourth-order valence-corrected chi connectivity index (χ4v) is 5.96. The van der Waals surface area contributed by atoms with E-state index in [0.29, 0.717) is 13.0 Å². The van der Waals surface area contributed by atoms with Crippen molar-refractivity contribution in [1.29, 1.82) is 5.26 Å². The molecule has 0 aromatic heterocycles. The van der Waals surface area contributed by atoms with Gasteiger partial charge in [0.2, 0.25) is 5.91 Å². The highest BCUT2D eigenvalue weighted by Crippen LogP contribution is 2.41. The molecule has 1 aromatic rings. The molecule has 214 valence electrons. The number of aliphatic imine (C=N–C) groups is 1. The summed E-state index contributed by atoms with van der Waals surface area (Å²) in [6.07, 6.45) is 11.0. The molecule has 0 spiro atoms. The van der Waals surface area contributed by atoms with Gasteiger partial charge in [-0.1, -0.05) is 31.2 Å². The highest BCUT2D eigenvalue weighted by Gasteiger charge is 2.47. The van der Waals surface area contributed by atoms with E-state index >= 15 is 0 Å². The average Bonchev–Trinajstić information content (AvgIpc) is 3.39. The third kappa shape index (κ3) is 5.58. The lowest BCUT2D eigenvalue weighted by atomic mass is 9.70. The second kappa shape index (κ2) is 11.4. The number of nitrogens with zero attached hydrogens (tertiary/aromatic N) is 8. The number of likely N-dealkylation sites (N-methyl/N-ethyl adjacent to an activating group) is 1. The first-order valence-electron chi connectivity index (χ1n) is 14.4. The summed E-state index contributed by atoms with van der Waals surface area (Å²) >= 11 is 0. The number of nitrogens with one attached hydrogen (secondary N) is 2. The van der Waals surface area contributed by atoms with E-state index in [9.17, 15) is 10.1 Å². The molecule has 2 fully saturated rings. The second-order valence-corrected chi connectivity index (χ2v) is 11.4. The summed E-state index contributed by atoms with van der Waals surface area (Å²) < 4.78 is 0. The number of rotatable bonds is 8. The van der Waals surface area contributed by atoms with E-state index in [1.54, 1.807) is 11.2 Å². The van der Waals surface area contributed by atoms with Crippen LogP contribution in [0.1, 0.15) is 24.5 Å². The number of hydrazine groups is 1. The first kappa shape index (κ1) is 27.1. The Morgan fingerprint density at radius 3 is 2.80 bits per heavy atom. The average molecular weight is 555 g/mol. The van der Waals surface area contributed by atoms with Crippen LogP contribution in [-0.4, -0.2) is 108 Å². The Balaban J connectivity index is 1.05. The number of piperazine rings is 1. The summed E-state index contributed by atoms with van der Waals surface area (Å²) in [5.41, 5.74) is 7.66. The van der Waals surface area contributed by atoms with Crippen molar-refractivity contribution < 1.29 is 4.79 Å². The summed E-state index contributed by atoms with van der Waals surface area (Å²) in [7, 11) is 2.08. The van der Waals surface area contributed by atoms with Crippen molar-refractivity contribution in [2.24, 2.45) is 10.1 Å². The summed E-state index contributed by atoms with van der Waals surface area (Å²) in [6, 6.07) is 11.1. The molecule has 2 saturated heterocycles. The zero-order valence-corrected chi connectivity index (χ0v) is 23.8. The number of allylic oxidation sites excluding steroid dienone is 3. The number of benzene rings is 1. The number of amidine groups is 1. The molecule has 2 N–H and O–H groups in total. The summed E-state index contributed by atoms with van der Waals surface area (Å²) in [6.45, 7) is 7.92. The molecule has 1 atom stereocenters. The minimum Gasteiger partial charge on any atom is -0.367 e. The highest BCUT2D eigenvalue weighted by molar-refractivity contribution is 6.00. The van der Waals surface area contributed by atoms with Gasteiger partial charge in [-0.3, -0.25) is 14.8 Å². The Kier molecular flexibility index (Phi) is 7.51. The van der Waals surface area contributed by atoms with Crippen LogP contribution in [0, 0.1) is 11.3 Å². The molecule has 5 aliphatic heterocycles. The predicted molar refractivity (Wildman–Crippen MR) is 158 cm³/mol. The number of carbonyl (C=O) groups excluding carboxylic acids is 1. The van der Waals surface area contributed by atoms with Crippen LogP contribution in [0.15, 0.2) is 70.2 Å². The van der Waals surface area contributed by atoms with Gasteiger partial charge < -0.3 is 20.0 Å². The second-order valence-electron chi connectivity index (χ2n) is 11.4. The van der Waals surface area contributed by atoms with Crippen LogP contribution in [0.5, 0.6) is 0 Å². The summed E-state index contributed by atoms with van der Waals surface area (Å²) in [5, 5.41) is 21.3. The summed E-state index contributed by atoms with van der Waals surface area (Å²) in [4.78, 5) is 24.1. The predicted octanol–water partition coefficient (Wildman–Crippen LogP) is 1.18. The largest absolute Gasteiger partial charge is 0.367 e. The van der Waals surface area contributed by atoms with E-state index in [1.807, 2.05) is 28.3 Å². The van der Waals surface area contributed by atoms with Crippen molar-refractivity contribution in [1.82, 2.24) is 35.5 Å². The molecule has 1 amide bonds. The van der Waals surface area contributed by atoms with Crippen LogP contribution in [0.2, 0.25) is 0 Å². The lowest BCUT2D eigenvalue weighted by Crippen LogP contribution is -2.60. The quantitative estimate of drug-likeness (QED) is 0.494. The summed E-state index contributed by atoms with van der Waals surface area (Å²) in [5.74, 6) is 0.973. The molecule has 6 rings (SSSR count). The zero-order valence-electron chi connectivity index (χ0n) is 23.8. The number of hydrogen-bond donors (Lipinski definition) is 2. The van der Waals surface area contributed by atoms with Crippen molar-refractivity contribution in [3.05, 3.63) is 71.2 Å². The topological polar surface area (TPSA) is 106 Å². The van der Waals surface area contributed by atoms with E-state index in [-0.39, 0.29) is 24.2 Å². The van der Waals surface area contributed by atoms with Crippen molar-refractivity contribution in [3.63, 3.8) is 0 Å². The Morgan fingerprint density at radius 1 is 1.24 bits per heavy atom. The van der Waals surface area contributed by atoms with Crippen LogP contribution in [0.25, 0.3) is 0 Å². The van der Waals surface area contributed by atoms with Gasteiger partial charge in [0.1, 0.15) is 6.54 Å². The van der Waals surface area contributed by atoms with Gasteiger partial charge in [-0.25, -0.2) is 4.99 Å². The molecular weight excluding hydrogens is 516 g/mol. The third-order valence-electron chi connectivity index (χ3n) is 8.51. The SMILES string of the molecule is CCc1cccc(C2(CC#N)CN(C3=CC=CN4NC(NC5=CCN(CC(=O)N6CCN(C)CC6)N=C5)N=C34)C2)c1. The molecule has 41 heavy (non-hydrogen) atoms. The maximum Gasteiger partial charge on any atom is 0.243 e.